The highest BCUT2D eigenvalue weighted by molar-refractivity contribution is 5.90. The molecule has 1 N–H and O–H groups in total. The zero-order chi connectivity index (χ0) is 16.2. The summed E-state index contributed by atoms with van der Waals surface area (Å²) in [5.74, 6) is -0.677. The van der Waals surface area contributed by atoms with Gasteiger partial charge in [-0.25, -0.2) is 4.79 Å². The van der Waals surface area contributed by atoms with Crippen molar-refractivity contribution in [3.05, 3.63) is 24.3 Å². The molecule has 0 aromatic rings. The van der Waals surface area contributed by atoms with Crippen molar-refractivity contribution >= 4 is 11.9 Å². The first-order valence-electron chi connectivity index (χ1n) is 7.66. The van der Waals surface area contributed by atoms with Gasteiger partial charge < -0.3 is 14.6 Å². The molecule has 0 aromatic heterocycles. The van der Waals surface area contributed by atoms with Crippen LogP contribution in [0.3, 0.4) is 0 Å². The van der Waals surface area contributed by atoms with Gasteiger partial charge in [-0.1, -0.05) is 25.7 Å². The second-order valence-corrected chi connectivity index (χ2v) is 7.03. The van der Waals surface area contributed by atoms with Crippen LogP contribution in [0.1, 0.15) is 33.1 Å². The average Bonchev–Trinajstić information content (AvgIpc) is 2.68. The van der Waals surface area contributed by atoms with Gasteiger partial charge in [-0.3, -0.25) is 4.79 Å². The van der Waals surface area contributed by atoms with Crippen LogP contribution in [0.5, 0.6) is 0 Å². The van der Waals surface area contributed by atoms with E-state index in [4.69, 9.17) is 9.47 Å². The fourth-order valence-electron chi connectivity index (χ4n) is 4.46. The van der Waals surface area contributed by atoms with Crippen LogP contribution in [0.2, 0.25) is 0 Å². The summed E-state index contributed by atoms with van der Waals surface area (Å²) in [5.41, 5.74) is 0.975. The minimum absolute atomic E-state index is 0.000185. The second-order valence-electron chi connectivity index (χ2n) is 7.03. The largest absolute Gasteiger partial charge is 0.459 e. The fraction of sp³-hybridized carbons (Fsp3) is 0.647. The molecule has 1 saturated heterocycles. The van der Waals surface area contributed by atoms with Gasteiger partial charge in [-0.05, 0) is 18.8 Å². The van der Waals surface area contributed by atoms with Gasteiger partial charge in [0.15, 0.2) is 0 Å². The van der Waals surface area contributed by atoms with Crippen molar-refractivity contribution in [1.82, 2.24) is 0 Å². The van der Waals surface area contributed by atoms with Crippen molar-refractivity contribution in [2.24, 2.45) is 17.3 Å². The Balaban J connectivity index is 1.90. The predicted molar refractivity (Wildman–Crippen MR) is 78.7 cm³/mol. The Bertz CT molecular complexity index is 565. The van der Waals surface area contributed by atoms with E-state index in [2.05, 4.69) is 13.2 Å². The predicted octanol–water partition coefficient (Wildman–Crippen LogP) is 1.75. The van der Waals surface area contributed by atoms with Crippen molar-refractivity contribution in [2.45, 2.75) is 51.4 Å². The van der Waals surface area contributed by atoms with E-state index in [0.29, 0.717) is 24.8 Å². The average molecular weight is 306 g/mol. The molecule has 0 amide bonds. The monoisotopic (exact) mass is 306 g/mol. The smallest absolute Gasteiger partial charge is 0.334 e. The summed E-state index contributed by atoms with van der Waals surface area (Å²) >= 11 is 0. The number of carbonyl (C=O) groups is 2. The van der Waals surface area contributed by atoms with Crippen molar-refractivity contribution in [3.63, 3.8) is 0 Å². The van der Waals surface area contributed by atoms with Crippen molar-refractivity contribution in [2.75, 3.05) is 0 Å². The van der Waals surface area contributed by atoms with Gasteiger partial charge in [-0.2, -0.15) is 0 Å². The van der Waals surface area contributed by atoms with E-state index >= 15 is 0 Å². The number of hydrogen-bond acceptors (Lipinski definition) is 5. The zero-order valence-electron chi connectivity index (χ0n) is 13.0. The molecule has 6 unspecified atom stereocenters. The molecule has 2 aliphatic carbocycles. The number of fused-ring (bicyclic) bond motifs is 2. The number of aliphatic hydroxyl groups is 1. The Kier molecular flexibility index (Phi) is 3.44. The maximum absolute atomic E-state index is 11.7. The highest BCUT2D eigenvalue weighted by Gasteiger charge is 2.58. The summed E-state index contributed by atoms with van der Waals surface area (Å²) in [5, 5.41) is 10.8. The molecule has 0 bridgehead atoms. The summed E-state index contributed by atoms with van der Waals surface area (Å²) in [6, 6.07) is 0. The number of esters is 2. The molecule has 6 atom stereocenters. The van der Waals surface area contributed by atoms with Gasteiger partial charge in [0.25, 0.3) is 0 Å². The summed E-state index contributed by atoms with van der Waals surface area (Å²) < 4.78 is 10.7. The minimum Gasteiger partial charge on any atom is -0.459 e. The first-order valence-corrected chi connectivity index (χ1v) is 7.66. The third-order valence-electron chi connectivity index (χ3n) is 5.64. The van der Waals surface area contributed by atoms with E-state index in [1.54, 1.807) is 0 Å². The van der Waals surface area contributed by atoms with Crippen LogP contribution in [-0.2, 0) is 19.1 Å². The standard InChI is InChI=1S/C17H22O5/c1-8-5-13(21-10(3)18)15(19)17(4)7-14-11(6-12(8)17)9(2)16(20)22-14/h11-15,19H,1-2,5-7H2,3-4H3. The lowest BCUT2D eigenvalue weighted by atomic mass is 9.54. The Labute approximate surface area is 130 Å². The molecule has 3 rings (SSSR count). The summed E-state index contributed by atoms with van der Waals surface area (Å²) in [7, 11) is 0. The lowest BCUT2D eigenvalue weighted by molar-refractivity contribution is -0.175. The van der Waals surface area contributed by atoms with Crippen molar-refractivity contribution < 1.29 is 24.2 Å². The molecule has 0 radical (unpaired) electrons. The van der Waals surface area contributed by atoms with E-state index in [1.165, 1.54) is 6.92 Å². The zero-order valence-corrected chi connectivity index (χ0v) is 13.0. The van der Waals surface area contributed by atoms with E-state index in [1.807, 2.05) is 6.92 Å². The maximum atomic E-state index is 11.7. The molecule has 1 heterocycles. The third kappa shape index (κ3) is 2.10. The molecule has 0 aromatic carbocycles. The number of aliphatic hydroxyl groups excluding tert-OH is 1. The molecule has 2 saturated carbocycles. The number of carbonyl (C=O) groups excluding carboxylic acids is 2. The van der Waals surface area contributed by atoms with Gasteiger partial charge in [0.05, 0.1) is 6.10 Å². The molecule has 120 valence electrons. The summed E-state index contributed by atoms with van der Waals surface area (Å²) in [6.07, 6.45) is 0.0716. The Morgan fingerprint density at radius 2 is 2.14 bits per heavy atom. The second kappa shape index (κ2) is 4.95. The lowest BCUT2D eigenvalue weighted by Gasteiger charge is -2.53. The lowest BCUT2D eigenvalue weighted by Crippen LogP contribution is -2.56. The Hall–Kier alpha value is -1.62. The first kappa shape index (κ1) is 15.3. The molecule has 5 heteroatoms. The highest BCUT2D eigenvalue weighted by Crippen LogP contribution is 2.57. The van der Waals surface area contributed by atoms with Crippen molar-refractivity contribution in [1.29, 1.82) is 0 Å². The summed E-state index contributed by atoms with van der Waals surface area (Å²) in [4.78, 5) is 23.0. The molecule has 0 spiro atoms. The van der Waals surface area contributed by atoms with Gasteiger partial charge in [0.1, 0.15) is 12.2 Å². The molecular weight excluding hydrogens is 284 g/mol. The maximum Gasteiger partial charge on any atom is 0.334 e. The molecule has 5 nitrogen and oxygen atoms in total. The Morgan fingerprint density at radius 3 is 2.77 bits per heavy atom. The highest BCUT2D eigenvalue weighted by atomic mass is 16.6. The van der Waals surface area contributed by atoms with E-state index < -0.39 is 23.6 Å². The molecular formula is C17H22O5. The fourth-order valence-corrected chi connectivity index (χ4v) is 4.46. The van der Waals surface area contributed by atoms with E-state index in [9.17, 15) is 14.7 Å². The Morgan fingerprint density at radius 1 is 1.45 bits per heavy atom. The number of rotatable bonds is 1. The van der Waals surface area contributed by atoms with Crippen LogP contribution in [0.25, 0.3) is 0 Å². The SMILES string of the molecule is C=C1C(=O)OC2CC3(C)C(CC12)C(=C)CC(OC(C)=O)C3O. The summed E-state index contributed by atoms with van der Waals surface area (Å²) in [6.45, 7) is 11.3. The van der Waals surface area contributed by atoms with Crippen LogP contribution in [0, 0.1) is 17.3 Å². The van der Waals surface area contributed by atoms with Crippen LogP contribution in [-0.4, -0.2) is 35.4 Å². The number of hydrogen-bond donors (Lipinski definition) is 1. The molecule has 22 heavy (non-hydrogen) atoms. The molecule has 3 aliphatic rings. The van der Waals surface area contributed by atoms with E-state index in [0.717, 1.165) is 5.57 Å². The third-order valence-corrected chi connectivity index (χ3v) is 5.64. The van der Waals surface area contributed by atoms with Crippen LogP contribution in [0.4, 0.5) is 0 Å². The number of ether oxygens (including phenoxy) is 2. The van der Waals surface area contributed by atoms with Gasteiger partial charge >= 0.3 is 11.9 Å². The van der Waals surface area contributed by atoms with Crippen LogP contribution < -0.4 is 0 Å². The van der Waals surface area contributed by atoms with Crippen LogP contribution in [0.15, 0.2) is 24.3 Å². The normalized spacial score (nSPS) is 44.1. The van der Waals surface area contributed by atoms with Gasteiger partial charge in [-0.15, -0.1) is 0 Å². The van der Waals surface area contributed by atoms with Crippen molar-refractivity contribution in [3.8, 4) is 0 Å². The van der Waals surface area contributed by atoms with Gasteiger partial charge in [0, 0.05) is 30.3 Å². The van der Waals surface area contributed by atoms with Crippen LogP contribution >= 0.6 is 0 Å². The van der Waals surface area contributed by atoms with E-state index in [-0.39, 0.29) is 23.9 Å². The minimum atomic E-state index is -0.791. The molecule has 3 fully saturated rings. The quantitative estimate of drug-likeness (QED) is 0.454. The topological polar surface area (TPSA) is 72.8 Å². The van der Waals surface area contributed by atoms with Gasteiger partial charge in [0.2, 0.25) is 0 Å². The first-order chi connectivity index (χ1) is 10.2. The molecule has 1 aliphatic heterocycles.